The minimum Gasteiger partial charge on any atom is -0.266 e. The van der Waals surface area contributed by atoms with Crippen LogP contribution in [-0.4, -0.2) is 36.6 Å². The van der Waals surface area contributed by atoms with Crippen molar-refractivity contribution in [2.24, 2.45) is 5.10 Å². The number of carbonyl (C=O) groups excluding carboxylic acids is 1. The number of amides is 1. The molecule has 3 heterocycles. The van der Waals surface area contributed by atoms with Gasteiger partial charge in [0, 0.05) is 34.8 Å². The zero-order chi connectivity index (χ0) is 27.6. The molecule has 0 aliphatic carbocycles. The number of non-ortho nitro benzene ring substituents is 1. The number of nitrogens with one attached hydrogen (secondary N) is 1. The van der Waals surface area contributed by atoms with Crippen molar-refractivity contribution in [3.63, 3.8) is 0 Å². The van der Waals surface area contributed by atoms with Crippen LogP contribution in [0.4, 0.5) is 5.69 Å². The van der Waals surface area contributed by atoms with Crippen LogP contribution in [0, 0.1) is 17.0 Å². The van der Waals surface area contributed by atoms with Crippen LogP contribution < -0.4 is 5.43 Å². The van der Waals surface area contributed by atoms with Gasteiger partial charge in [0.2, 0.25) is 0 Å². The summed E-state index contributed by atoms with van der Waals surface area (Å²) in [4.78, 5) is 25.0. The molecule has 3 aromatic heterocycles. The minimum atomic E-state index is -0.447. The van der Waals surface area contributed by atoms with Crippen LogP contribution in [0.25, 0.3) is 32.8 Å². The molecule has 40 heavy (non-hydrogen) atoms. The van der Waals surface area contributed by atoms with Crippen molar-refractivity contribution in [3.05, 3.63) is 123 Å². The predicted molar refractivity (Wildman–Crippen MR) is 154 cm³/mol. The molecule has 0 aliphatic rings. The van der Waals surface area contributed by atoms with Gasteiger partial charge in [-0.25, -0.2) is 14.8 Å². The summed E-state index contributed by atoms with van der Waals surface area (Å²) in [7, 11) is 0. The number of fused-ring (bicyclic) bond motifs is 1. The summed E-state index contributed by atoms with van der Waals surface area (Å²) in [5.41, 5.74) is 7.06. The molecule has 6 aromatic rings. The first-order chi connectivity index (χ1) is 19.5. The number of nitrogens with zero attached hydrogens (tertiary/aromatic N) is 6. The van der Waals surface area contributed by atoms with E-state index in [1.165, 1.54) is 29.7 Å². The summed E-state index contributed by atoms with van der Waals surface area (Å²) >= 11 is 1.34. The van der Waals surface area contributed by atoms with Gasteiger partial charge in [0.25, 0.3) is 11.6 Å². The lowest BCUT2D eigenvalue weighted by molar-refractivity contribution is -0.384. The van der Waals surface area contributed by atoms with Crippen molar-refractivity contribution in [2.45, 2.75) is 6.92 Å². The van der Waals surface area contributed by atoms with Gasteiger partial charge in [-0.3, -0.25) is 14.9 Å². The van der Waals surface area contributed by atoms with Crippen LogP contribution in [0.15, 0.2) is 102 Å². The Morgan fingerprint density at radius 3 is 2.33 bits per heavy atom. The number of nitro benzene ring substituents is 1. The van der Waals surface area contributed by atoms with Gasteiger partial charge in [0.15, 0.2) is 0 Å². The highest BCUT2D eigenvalue weighted by Gasteiger charge is 2.17. The van der Waals surface area contributed by atoms with Crippen molar-refractivity contribution in [2.75, 3.05) is 0 Å². The predicted octanol–water partition coefficient (Wildman–Crippen LogP) is 5.92. The third-order valence-corrected chi connectivity index (χ3v) is 7.36. The normalized spacial score (nSPS) is 11.3. The number of nitro groups is 1. The van der Waals surface area contributed by atoms with Crippen molar-refractivity contribution in [3.8, 4) is 22.6 Å². The summed E-state index contributed by atoms with van der Waals surface area (Å²) in [5, 5.41) is 25.5. The molecule has 0 unspecified atom stereocenters. The Morgan fingerprint density at radius 2 is 1.65 bits per heavy atom. The van der Waals surface area contributed by atoms with Gasteiger partial charge in [-0.2, -0.15) is 15.3 Å². The fraction of sp³-hybridized carbons (Fsp3) is 0.0345. The summed E-state index contributed by atoms with van der Waals surface area (Å²) in [5.74, 6) is -0.344. The molecular formula is C29H21N7O3S. The molecular weight excluding hydrogens is 526 g/mol. The van der Waals surface area contributed by atoms with Crippen LogP contribution in [0.1, 0.15) is 20.9 Å². The van der Waals surface area contributed by atoms with Crippen LogP contribution in [0.5, 0.6) is 0 Å². The molecule has 0 fully saturated rings. The summed E-state index contributed by atoms with van der Waals surface area (Å²) in [6, 6.07) is 27.3. The number of para-hydroxylation sites is 2. The van der Waals surface area contributed by atoms with Gasteiger partial charge >= 0.3 is 0 Å². The summed E-state index contributed by atoms with van der Waals surface area (Å²) < 4.78 is 3.54. The van der Waals surface area contributed by atoms with Crippen LogP contribution in [-0.2, 0) is 0 Å². The van der Waals surface area contributed by atoms with Gasteiger partial charge in [0.1, 0.15) is 10.5 Å². The number of benzene rings is 3. The smallest absolute Gasteiger partial charge is 0.266 e. The molecule has 0 spiro atoms. The Labute approximate surface area is 232 Å². The Bertz CT molecular complexity index is 1870. The van der Waals surface area contributed by atoms with E-state index in [4.69, 9.17) is 0 Å². The van der Waals surface area contributed by atoms with Gasteiger partial charge in [-0.1, -0.05) is 36.4 Å². The average Bonchev–Trinajstić information content (AvgIpc) is 3.69. The zero-order valence-corrected chi connectivity index (χ0v) is 21.9. The van der Waals surface area contributed by atoms with E-state index in [2.05, 4.69) is 20.7 Å². The molecule has 0 atom stereocenters. The molecule has 10 nitrogen and oxygen atoms in total. The number of rotatable bonds is 7. The third-order valence-electron chi connectivity index (χ3n) is 6.25. The molecule has 0 saturated heterocycles. The number of hydrazone groups is 1. The minimum absolute atomic E-state index is 0.0114. The van der Waals surface area contributed by atoms with Crippen LogP contribution in [0.2, 0.25) is 0 Å². The fourth-order valence-electron chi connectivity index (χ4n) is 4.28. The Balaban J connectivity index is 1.28. The maximum atomic E-state index is 13.0. The number of aromatic nitrogens is 4. The van der Waals surface area contributed by atoms with Gasteiger partial charge in [-0.15, -0.1) is 11.3 Å². The molecule has 0 bridgehead atoms. The zero-order valence-electron chi connectivity index (χ0n) is 21.1. The quantitative estimate of drug-likeness (QED) is 0.151. The Morgan fingerprint density at radius 1 is 0.975 bits per heavy atom. The van der Waals surface area contributed by atoms with E-state index in [9.17, 15) is 14.9 Å². The number of aryl methyl sites for hydroxylation is 1. The molecule has 0 radical (unpaired) electrons. The summed E-state index contributed by atoms with van der Waals surface area (Å²) in [6.07, 6.45) is 3.31. The second-order valence-corrected chi connectivity index (χ2v) is 9.91. The topological polar surface area (TPSA) is 120 Å². The first kappa shape index (κ1) is 24.9. The van der Waals surface area contributed by atoms with Gasteiger partial charge in [0.05, 0.1) is 33.1 Å². The van der Waals surface area contributed by atoms with E-state index in [1.807, 2.05) is 78.3 Å². The molecule has 196 valence electrons. The van der Waals surface area contributed by atoms with E-state index in [0.717, 1.165) is 27.3 Å². The van der Waals surface area contributed by atoms with E-state index in [0.29, 0.717) is 21.7 Å². The molecule has 6 rings (SSSR count). The van der Waals surface area contributed by atoms with E-state index < -0.39 is 4.92 Å². The molecule has 11 heteroatoms. The monoisotopic (exact) mass is 547 g/mol. The molecule has 1 amide bonds. The van der Waals surface area contributed by atoms with Gasteiger partial charge < -0.3 is 0 Å². The van der Waals surface area contributed by atoms with E-state index >= 15 is 0 Å². The van der Waals surface area contributed by atoms with E-state index in [-0.39, 0.29) is 11.6 Å². The number of thiophene rings is 1. The number of hydrogen-bond donors (Lipinski definition) is 1. The lowest BCUT2D eigenvalue weighted by Crippen LogP contribution is -2.16. The fourth-order valence-corrected chi connectivity index (χ4v) is 5.35. The van der Waals surface area contributed by atoms with Crippen molar-refractivity contribution >= 4 is 39.4 Å². The van der Waals surface area contributed by atoms with Crippen LogP contribution >= 0.6 is 11.3 Å². The first-order valence-corrected chi connectivity index (χ1v) is 13.1. The van der Waals surface area contributed by atoms with E-state index in [1.54, 1.807) is 23.0 Å². The SMILES string of the molecule is Cc1nn(-c2ccccc2)c2sc(C(=O)N/N=C/c3cn(-c4ccccc4)nc3-c3ccc([N+](=O)[O-])cc3)cc12. The second kappa shape index (κ2) is 10.4. The third kappa shape index (κ3) is 4.76. The molecule has 0 saturated carbocycles. The maximum absolute atomic E-state index is 13.0. The second-order valence-electron chi connectivity index (χ2n) is 8.88. The highest BCUT2D eigenvalue weighted by atomic mass is 32.1. The number of carbonyl (C=O) groups is 1. The molecule has 0 aliphatic heterocycles. The highest BCUT2D eigenvalue weighted by molar-refractivity contribution is 7.20. The van der Waals surface area contributed by atoms with Crippen LogP contribution in [0.3, 0.4) is 0 Å². The van der Waals surface area contributed by atoms with Crippen molar-refractivity contribution in [1.82, 2.24) is 25.0 Å². The average molecular weight is 548 g/mol. The number of hydrogen-bond acceptors (Lipinski definition) is 7. The first-order valence-electron chi connectivity index (χ1n) is 12.3. The summed E-state index contributed by atoms with van der Waals surface area (Å²) in [6.45, 7) is 1.92. The van der Waals surface area contributed by atoms with Crippen molar-refractivity contribution < 1.29 is 9.72 Å². The maximum Gasteiger partial charge on any atom is 0.281 e. The Hall–Kier alpha value is -5.42. The Kier molecular flexibility index (Phi) is 6.46. The largest absolute Gasteiger partial charge is 0.281 e. The lowest BCUT2D eigenvalue weighted by Gasteiger charge is -2.01. The molecule has 1 N–H and O–H groups in total. The van der Waals surface area contributed by atoms with Crippen molar-refractivity contribution in [1.29, 1.82) is 0 Å². The van der Waals surface area contributed by atoms with Gasteiger partial charge in [-0.05, 0) is 49.4 Å². The lowest BCUT2D eigenvalue weighted by atomic mass is 10.1. The standard InChI is InChI=1S/C29H21N7O3S/c1-19-25-16-26(40-29(25)35(32-19)23-10-6-3-7-11-23)28(37)31-30-17-21-18-34(22-8-4-2-5-9-22)33-27(21)20-12-14-24(15-13-20)36(38)39/h2-18H,1H3,(H,31,37)/b30-17+. The highest BCUT2D eigenvalue weighted by Crippen LogP contribution is 2.30. The molecule has 3 aromatic carbocycles.